The average molecular weight is 306 g/mol. The van der Waals surface area contributed by atoms with Crippen LogP contribution in [0.1, 0.15) is 12.8 Å². The molecule has 0 aliphatic heterocycles. The Morgan fingerprint density at radius 2 is 1.15 bits per heavy atom. The number of ketones is 1. The molecule has 0 saturated heterocycles. The van der Waals surface area contributed by atoms with Gasteiger partial charge in [-0.3, -0.25) is 4.79 Å². The molecule has 0 aliphatic carbocycles. The second kappa shape index (κ2) is 7.44. The van der Waals surface area contributed by atoms with Gasteiger partial charge in [-0.15, -0.1) is 0 Å². The Labute approximate surface area is 110 Å². The second-order valence-electron chi connectivity index (χ2n) is 3.79. The molecule has 9 heteroatoms. The van der Waals surface area contributed by atoms with Crippen LogP contribution in [-0.4, -0.2) is 40.6 Å². The first-order chi connectivity index (χ1) is 8.92. The molecule has 3 nitrogen and oxygen atoms in total. The van der Waals surface area contributed by atoms with Gasteiger partial charge in [-0.2, -0.15) is 26.3 Å². The molecule has 0 unspecified atom stereocenters. The summed E-state index contributed by atoms with van der Waals surface area (Å²) in [6.07, 6.45) is -13.8. The third-order valence-corrected chi connectivity index (χ3v) is 1.92. The van der Waals surface area contributed by atoms with Crippen LogP contribution in [0.4, 0.5) is 26.3 Å². The zero-order valence-corrected chi connectivity index (χ0v) is 9.95. The molecule has 0 radical (unpaired) electrons. The van der Waals surface area contributed by atoms with E-state index in [4.69, 9.17) is 10.2 Å². The molecule has 0 spiro atoms. The second-order valence-corrected chi connectivity index (χ2v) is 3.79. The highest BCUT2D eigenvalue weighted by Gasteiger charge is 2.27. The van der Waals surface area contributed by atoms with Gasteiger partial charge < -0.3 is 10.2 Å². The molecular formula is C11H12F6O3. The van der Waals surface area contributed by atoms with Gasteiger partial charge in [0.15, 0.2) is 5.78 Å². The van der Waals surface area contributed by atoms with Crippen molar-refractivity contribution in [1.82, 2.24) is 0 Å². The molecule has 116 valence electrons. The molecule has 0 aromatic rings. The predicted molar refractivity (Wildman–Crippen MR) is 56.6 cm³/mol. The number of carbonyl (C=O) groups excluding carboxylic acids is 1. The fraction of sp³-hybridized carbons (Fsp3) is 0.545. The van der Waals surface area contributed by atoms with Crippen LogP contribution < -0.4 is 0 Å². The summed E-state index contributed by atoms with van der Waals surface area (Å²) in [5, 5.41) is 18.2. The normalized spacial score (nSPS) is 16.8. The lowest BCUT2D eigenvalue weighted by atomic mass is 10.1. The molecule has 0 heterocycles. The summed E-state index contributed by atoms with van der Waals surface area (Å²) >= 11 is 0. The SMILES string of the molecule is O=C([C@@H](O)C=CCC(F)(F)F)[C@@H](O)C=CCC(F)(F)F. The molecule has 0 aliphatic rings. The van der Waals surface area contributed by atoms with E-state index < -0.39 is 43.2 Å². The Kier molecular flexibility index (Phi) is 6.94. The number of aliphatic hydroxyl groups excluding tert-OH is 2. The van der Waals surface area contributed by atoms with Gasteiger partial charge in [0, 0.05) is 0 Å². The van der Waals surface area contributed by atoms with Crippen LogP contribution in [-0.2, 0) is 4.79 Å². The smallest absolute Gasteiger partial charge is 0.381 e. The number of hydrogen-bond donors (Lipinski definition) is 2. The first kappa shape index (κ1) is 18.7. The summed E-state index contributed by atoms with van der Waals surface area (Å²) in [6.45, 7) is 0. The number of hydrogen-bond acceptors (Lipinski definition) is 3. The van der Waals surface area contributed by atoms with Crippen molar-refractivity contribution >= 4 is 5.78 Å². The van der Waals surface area contributed by atoms with E-state index in [9.17, 15) is 31.1 Å². The summed E-state index contributed by atoms with van der Waals surface area (Å²) in [5.74, 6) is -1.32. The van der Waals surface area contributed by atoms with Gasteiger partial charge in [0.1, 0.15) is 12.2 Å². The number of carbonyl (C=O) groups is 1. The van der Waals surface area contributed by atoms with Crippen molar-refractivity contribution in [3.8, 4) is 0 Å². The van der Waals surface area contributed by atoms with E-state index in [-0.39, 0.29) is 0 Å². The fourth-order valence-electron chi connectivity index (χ4n) is 1.03. The Morgan fingerprint density at radius 1 is 0.850 bits per heavy atom. The van der Waals surface area contributed by atoms with Gasteiger partial charge in [0.05, 0.1) is 12.8 Å². The van der Waals surface area contributed by atoms with E-state index in [1.54, 1.807) is 0 Å². The van der Waals surface area contributed by atoms with Crippen molar-refractivity contribution in [2.45, 2.75) is 37.4 Å². The van der Waals surface area contributed by atoms with Crippen molar-refractivity contribution in [3.05, 3.63) is 24.3 Å². The topological polar surface area (TPSA) is 57.5 Å². The molecule has 0 saturated carbocycles. The molecule has 20 heavy (non-hydrogen) atoms. The highest BCUT2D eigenvalue weighted by atomic mass is 19.4. The van der Waals surface area contributed by atoms with Gasteiger partial charge >= 0.3 is 12.4 Å². The molecule has 0 rings (SSSR count). The van der Waals surface area contributed by atoms with Crippen LogP contribution >= 0.6 is 0 Å². The van der Waals surface area contributed by atoms with Crippen LogP contribution in [0.2, 0.25) is 0 Å². The van der Waals surface area contributed by atoms with E-state index >= 15 is 0 Å². The number of aliphatic hydroxyl groups is 2. The summed E-state index contributed by atoms with van der Waals surface area (Å²) in [5.41, 5.74) is 0. The Bertz CT molecular complexity index is 335. The summed E-state index contributed by atoms with van der Waals surface area (Å²) < 4.78 is 70.6. The molecule has 0 bridgehead atoms. The quantitative estimate of drug-likeness (QED) is 0.585. The maximum Gasteiger partial charge on any atom is 0.392 e. The lowest BCUT2D eigenvalue weighted by molar-refractivity contribution is -0.132. The third kappa shape index (κ3) is 9.56. The van der Waals surface area contributed by atoms with Crippen LogP contribution in [0.15, 0.2) is 24.3 Å². The van der Waals surface area contributed by atoms with Gasteiger partial charge in [0.2, 0.25) is 0 Å². The number of allylic oxidation sites excluding steroid dienone is 2. The maximum atomic E-state index is 11.8. The van der Waals surface area contributed by atoms with E-state index in [1.165, 1.54) is 0 Å². The van der Waals surface area contributed by atoms with Crippen LogP contribution in [0, 0.1) is 0 Å². The summed E-state index contributed by atoms with van der Waals surface area (Å²) in [7, 11) is 0. The first-order valence-electron chi connectivity index (χ1n) is 5.29. The average Bonchev–Trinajstić information content (AvgIpc) is 2.24. The lowest BCUT2D eigenvalue weighted by Gasteiger charge is -2.09. The summed E-state index contributed by atoms with van der Waals surface area (Å²) in [6, 6.07) is 0. The molecule has 0 aromatic heterocycles. The molecule has 0 amide bonds. The number of rotatable bonds is 6. The highest BCUT2D eigenvalue weighted by molar-refractivity contribution is 5.90. The Balaban J connectivity index is 4.36. The standard InChI is InChI=1S/C11H12F6O3/c12-10(13,14)5-1-3-7(18)9(20)8(19)4-2-6-11(15,16)17/h1-4,7-8,18-19H,5-6H2/t7-,8-/m0/s1. The van der Waals surface area contributed by atoms with Crippen molar-refractivity contribution in [1.29, 1.82) is 0 Å². The molecule has 0 fully saturated rings. The fourth-order valence-corrected chi connectivity index (χ4v) is 1.03. The minimum absolute atomic E-state index is 0.481. The Morgan fingerprint density at radius 3 is 1.40 bits per heavy atom. The van der Waals surface area contributed by atoms with Crippen LogP contribution in [0.5, 0.6) is 0 Å². The van der Waals surface area contributed by atoms with Crippen molar-refractivity contribution in [2.24, 2.45) is 0 Å². The van der Waals surface area contributed by atoms with Gasteiger partial charge in [-0.05, 0) is 0 Å². The van der Waals surface area contributed by atoms with E-state index in [1.807, 2.05) is 0 Å². The summed E-state index contributed by atoms with van der Waals surface area (Å²) in [4.78, 5) is 11.2. The minimum atomic E-state index is -4.51. The molecular weight excluding hydrogens is 294 g/mol. The lowest BCUT2D eigenvalue weighted by Crippen LogP contribution is -2.29. The zero-order chi connectivity index (χ0) is 16.0. The van der Waals surface area contributed by atoms with Crippen LogP contribution in [0.3, 0.4) is 0 Å². The molecule has 2 N–H and O–H groups in total. The van der Waals surface area contributed by atoms with Crippen molar-refractivity contribution < 1.29 is 41.4 Å². The maximum absolute atomic E-state index is 11.8. The number of alkyl halides is 6. The third-order valence-electron chi connectivity index (χ3n) is 1.92. The zero-order valence-electron chi connectivity index (χ0n) is 9.95. The minimum Gasteiger partial charge on any atom is -0.381 e. The number of halogens is 6. The van der Waals surface area contributed by atoms with Crippen molar-refractivity contribution in [3.63, 3.8) is 0 Å². The van der Waals surface area contributed by atoms with Crippen molar-refractivity contribution in [2.75, 3.05) is 0 Å². The van der Waals surface area contributed by atoms with Gasteiger partial charge in [-0.1, -0.05) is 24.3 Å². The van der Waals surface area contributed by atoms with Gasteiger partial charge in [-0.25, -0.2) is 0 Å². The highest BCUT2D eigenvalue weighted by Crippen LogP contribution is 2.20. The first-order valence-corrected chi connectivity index (χ1v) is 5.29. The van der Waals surface area contributed by atoms with Gasteiger partial charge in [0.25, 0.3) is 0 Å². The monoisotopic (exact) mass is 306 g/mol. The molecule has 2 atom stereocenters. The predicted octanol–water partition coefficient (Wildman–Crippen LogP) is 2.29. The van der Waals surface area contributed by atoms with E-state index in [0.717, 1.165) is 0 Å². The van der Waals surface area contributed by atoms with E-state index in [2.05, 4.69) is 0 Å². The molecule has 0 aromatic carbocycles. The van der Waals surface area contributed by atoms with E-state index in [0.29, 0.717) is 24.3 Å². The van der Waals surface area contributed by atoms with Crippen LogP contribution in [0.25, 0.3) is 0 Å². The Hall–Kier alpha value is -1.35. The number of Topliss-reactive ketones (excluding diaryl/α,β-unsaturated/α-hetero) is 1. The largest absolute Gasteiger partial charge is 0.392 e.